The summed E-state index contributed by atoms with van der Waals surface area (Å²) in [6, 6.07) is 10.8. The van der Waals surface area contributed by atoms with Crippen molar-refractivity contribution in [3.05, 3.63) is 53.6 Å². The Kier molecular flexibility index (Phi) is 8.54. The molecule has 0 aliphatic carbocycles. The van der Waals surface area contributed by atoms with Crippen LogP contribution in [0.25, 0.3) is 6.08 Å². The van der Waals surface area contributed by atoms with Crippen LogP contribution in [0, 0.1) is 0 Å². The second kappa shape index (κ2) is 11.4. The van der Waals surface area contributed by atoms with E-state index < -0.39 is 16.0 Å². The van der Waals surface area contributed by atoms with Crippen molar-refractivity contribution in [2.45, 2.75) is 11.4 Å². The Bertz CT molecular complexity index is 1120. The van der Waals surface area contributed by atoms with Crippen LogP contribution in [0.15, 0.2) is 47.4 Å². The molecule has 3 rings (SSSR count). The largest absolute Gasteiger partial charge is 0.493 e. The first kappa shape index (κ1) is 25.5. The fourth-order valence-electron chi connectivity index (χ4n) is 3.61. The van der Waals surface area contributed by atoms with E-state index >= 15 is 0 Å². The Morgan fingerprint density at radius 3 is 2.35 bits per heavy atom. The average Bonchev–Trinajstić information content (AvgIpc) is 2.87. The third kappa shape index (κ3) is 5.88. The minimum Gasteiger partial charge on any atom is -0.493 e. The fourth-order valence-corrected chi connectivity index (χ4v) is 4.97. The number of hydrogen-bond donors (Lipinski definition) is 0. The first-order valence-corrected chi connectivity index (χ1v) is 12.1. The third-order valence-corrected chi connectivity index (χ3v) is 7.30. The number of rotatable bonds is 9. The van der Waals surface area contributed by atoms with Gasteiger partial charge in [-0.2, -0.15) is 4.31 Å². The topological polar surface area (TPSA) is 94.6 Å². The van der Waals surface area contributed by atoms with Gasteiger partial charge in [-0.15, -0.1) is 0 Å². The van der Waals surface area contributed by atoms with Crippen molar-refractivity contribution in [2.75, 3.05) is 59.6 Å². The lowest BCUT2D eigenvalue weighted by atomic mass is 10.2. The lowest BCUT2D eigenvalue weighted by Gasteiger charge is -2.29. The number of methoxy groups -OCH3 is 3. The Hall–Kier alpha value is -3.08. The zero-order chi connectivity index (χ0) is 24.7. The summed E-state index contributed by atoms with van der Waals surface area (Å²) in [6.45, 7) is 3.22. The van der Waals surface area contributed by atoms with Gasteiger partial charge >= 0.3 is 5.97 Å². The van der Waals surface area contributed by atoms with E-state index in [1.54, 1.807) is 6.07 Å². The summed E-state index contributed by atoms with van der Waals surface area (Å²) in [5, 5.41) is 0. The smallest absolute Gasteiger partial charge is 0.330 e. The summed E-state index contributed by atoms with van der Waals surface area (Å²) >= 11 is 0. The van der Waals surface area contributed by atoms with Crippen LogP contribution in [0.1, 0.15) is 11.1 Å². The van der Waals surface area contributed by atoms with Gasteiger partial charge in [-0.25, -0.2) is 13.2 Å². The molecule has 0 aromatic heterocycles. The number of hydrogen-bond acceptors (Lipinski definition) is 8. The minimum atomic E-state index is -3.96. The van der Waals surface area contributed by atoms with E-state index in [4.69, 9.17) is 14.2 Å². The van der Waals surface area contributed by atoms with Crippen LogP contribution in [0.5, 0.6) is 11.5 Å². The number of anilines is 1. The molecular formula is C24H30N2O7S. The quantitative estimate of drug-likeness (QED) is 0.391. The molecule has 2 aromatic rings. The Labute approximate surface area is 200 Å². The molecule has 0 bridgehead atoms. The maximum atomic E-state index is 13.5. The van der Waals surface area contributed by atoms with E-state index in [0.29, 0.717) is 18.8 Å². The van der Waals surface area contributed by atoms with Crippen molar-refractivity contribution in [1.29, 1.82) is 0 Å². The summed E-state index contributed by atoms with van der Waals surface area (Å²) in [5.41, 5.74) is 2.37. The molecule has 0 unspecified atom stereocenters. The van der Waals surface area contributed by atoms with Crippen molar-refractivity contribution in [2.24, 2.45) is 0 Å². The molecule has 10 heteroatoms. The zero-order valence-electron chi connectivity index (χ0n) is 19.8. The molecule has 1 saturated heterocycles. The Balaban J connectivity index is 1.87. The lowest BCUT2D eigenvalue weighted by Crippen LogP contribution is -2.36. The van der Waals surface area contributed by atoms with E-state index in [2.05, 4.69) is 9.64 Å². The molecule has 0 amide bonds. The van der Waals surface area contributed by atoms with Gasteiger partial charge in [0.2, 0.25) is 10.0 Å². The first-order chi connectivity index (χ1) is 16.3. The van der Waals surface area contributed by atoms with E-state index in [-0.39, 0.29) is 22.9 Å². The third-order valence-electron chi connectivity index (χ3n) is 5.49. The van der Waals surface area contributed by atoms with Crippen LogP contribution in [-0.2, 0) is 30.8 Å². The molecule has 0 atom stereocenters. The zero-order valence-corrected chi connectivity index (χ0v) is 20.6. The number of sulfonamides is 1. The molecule has 0 radical (unpaired) electrons. The second-order valence-corrected chi connectivity index (χ2v) is 9.65. The number of benzene rings is 2. The average molecular weight is 491 g/mol. The second-order valence-electron chi connectivity index (χ2n) is 7.64. The summed E-state index contributed by atoms with van der Waals surface area (Å²) in [5.74, 6) is -0.236. The van der Waals surface area contributed by atoms with Crippen LogP contribution in [0.2, 0.25) is 0 Å². The van der Waals surface area contributed by atoms with Crippen molar-refractivity contribution in [3.63, 3.8) is 0 Å². The van der Waals surface area contributed by atoms with Crippen molar-refractivity contribution >= 4 is 27.8 Å². The van der Waals surface area contributed by atoms with Crippen molar-refractivity contribution < 1.29 is 32.2 Å². The SMILES string of the molecule is COC(=O)/C=C/c1cc(OC)c(OC)c(S(=O)(=O)N(C)Cc2ccc(N3CCOCC3)cc2)c1. The van der Waals surface area contributed by atoms with Crippen LogP contribution in [0.4, 0.5) is 5.69 Å². The summed E-state index contributed by atoms with van der Waals surface area (Å²) in [7, 11) is 1.61. The molecule has 34 heavy (non-hydrogen) atoms. The lowest BCUT2D eigenvalue weighted by molar-refractivity contribution is -0.134. The van der Waals surface area contributed by atoms with Gasteiger partial charge in [-0.1, -0.05) is 12.1 Å². The predicted octanol–water partition coefficient (Wildman–Crippen LogP) is 2.55. The number of nitrogens with zero attached hydrogens (tertiary/aromatic N) is 2. The van der Waals surface area contributed by atoms with Gasteiger partial charge in [-0.05, 0) is 41.5 Å². The molecule has 1 aliphatic rings. The summed E-state index contributed by atoms with van der Waals surface area (Å²) in [4.78, 5) is 13.7. The van der Waals surface area contributed by atoms with Gasteiger partial charge in [-0.3, -0.25) is 0 Å². The van der Waals surface area contributed by atoms with Crippen molar-refractivity contribution in [3.8, 4) is 11.5 Å². The molecule has 0 spiro atoms. The van der Waals surface area contributed by atoms with Gasteiger partial charge in [0.05, 0.1) is 34.5 Å². The number of morpholine rings is 1. The predicted molar refractivity (Wildman–Crippen MR) is 129 cm³/mol. The van der Waals surface area contributed by atoms with Crippen LogP contribution in [0.3, 0.4) is 0 Å². The molecule has 0 saturated carbocycles. The standard InChI is InChI=1S/C24H30N2O7S/c1-25(17-18-5-8-20(9-6-18)26-11-13-33-14-12-26)34(28,29)22-16-19(7-10-23(27)31-3)15-21(30-2)24(22)32-4/h5-10,15-16H,11-14,17H2,1-4H3/b10-7+. The maximum Gasteiger partial charge on any atom is 0.330 e. The summed E-state index contributed by atoms with van der Waals surface area (Å²) in [6.07, 6.45) is 2.66. The Morgan fingerprint density at radius 2 is 1.76 bits per heavy atom. The molecule has 1 heterocycles. The highest BCUT2D eigenvalue weighted by molar-refractivity contribution is 7.89. The number of carbonyl (C=O) groups excluding carboxylic acids is 1. The molecule has 9 nitrogen and oxygen atoms in total. The first-order valence-electron chi connectivity index (χ1n) is 10.7. The van der Waals surface area contributed by atoms with Crippen molar-refractivity contribution in [1.82, 2.24) is 4.31 Å². The van der Waals surface area contributed by atoms with Gasteiger partial charge in [0, 0.05) is 38.4 Å². The highest BCUT2D eigenvalue weighted by atomic mass is 32.2. The normalized spacial score (nSPS) is 14.4. The molecular weight excluding hydrogens is 460 g/mol. The highest BCUT2D eigenvalue weighted by Gasteiger charge is 2.28. The van der Waals surface area contributed by atoms with Crippen LogP contribution >= 0.6 is 0 Å². The summed E-state index contributed by atoms with van der Waals surface area (Å²) < 4.78 is 49.0. The number of esters is 1. The van der Waals surface area contributed by atoms with Gasteiger partial charge in [0.15, 0.2) is 11.5 Å². The molecule has 1 fully saturated rings. The van der Waals surface area contributed by atoms with E-state index in [1.165, 1.54) is 50.9 Å². The van der Waals surface area contributed by atoms with E-state index in [9.17, 15) is 13.2 Å². The van der Waals surface area contributed by atoms with Crippen LogP contribution in [-0.4, -0.2) is 73.4 Å². The fraction of sp³-hybridized carbons (Fsp3) is 0.375. The highest BCUT2D eigenvalue weighted by Crippen LogP contribution is 2.37. The van der Waals surface area contributed by atoms with E-state index in [0.717, 1.165) is 24.3 Å². The minimum absolute atomic E-state index is 0.0636. The Morgan fingerprint density at radius 1 is 1.09 bits per heavy atom. The van der Waals surface area contributed by atoms with Gasteiger partial charge in [0.1, 0.15) is 4.90 Å². The molecule has 1 aliphatic heterocycles. The monoisotopic (exact) mass is 490 g/mol. The maximum absolute atomic E-state index is 13.5. The van der Waals surface area contributed by atoms with Gasteiger partial charge < -0.3 is 23.8 Å². The van der Waals surface area contributed by atoms with E-state index in [1.807, 2.05) is 24.3 Å². The molecule has 184 valence electrons. The number of carbonyl (C=O) groups is 1. The molecule has 2 aromatic carbocycles. The molecule has 0 N–H and O–H groups in total. The number of ether oxygens (including phenoxy) is 4. The van der Waals surface area contributed by atoms with Gasteiger partial charge in [0.25, 0.3) is 0 Å². The van der Waals surface area contributed by atoms with Crippen LogP contribution < -0.4 is 14.4 Å².